The Bertz CT molecular complexity index is 433. The molecule has 0 unspecified atom stereocenters. The van der Waals surface area contributed by atoms with E-state index in [-0.39, 0.29) is 0 Å². The van der Waals surface area contributed by atoms with E-state index in [4.69, 9.17) is 0 Å². The smallest absolute Gasteiger partial charge is 0.0281 e. The summed E-state index contributed by atoms with van der Waals surface area (Å²) < 4.78 is 0.506. The van der Waals surface area contributed by atoms with Crippen LogP contribution in [0.4, 0.5) is 0 Å². The number of hydrogen-bond donors (Lipinski definition) is 1. The van der Waals surface area contributed by atoms with Gasteiger partial charge in [-0.1, -0.05) is 43.5 Å². The second-order valence-electron chi connectivity index (χ2n) is 6.57. The third-order valence-corrected chi connectivity index (χ3v) is 6.39. The fourth-order valence-electron chi connectivity index (χ4n) is 3.46. The molecule has 0 radical (unpaired) electrons. The van der Waals surface area contributed by atoms with Gasteiger partial charge in [0.15, 0.2) is 0 Å². The molecule has 110 valence electrons. The molecule has 0 bridgehead atoms. The minimum atomic E-state index is 0.506. The van der Waals surface area contributed by atoms with Crippen molar-refractivity contribution >= 4 is 11.8 Å². The average Bonchev–Trinajstić information content (AvgIpc) is 3.33. The zero-order valence-electron chi connectivity index (χ0n) is 12.7. The molecule has 2 aliphatic rings. The van der Waals surface area contributed by atoms with Crippen molar-refractivity contribution in [2.45, 2.75) is 62.2 Å². The van der Waals surface area contributed by atoms with Crippen molar-refractivity contribution in [3.63, 3.8) is 0 Å². The van der Waals surface area contributed by atoms with E-state index in [0.29, 0.717) is 4.75 Å². The van der Waals surface area contributed by atoms with E-state index >= 15 is 0 Å². The summed E-state index contributed by atoms with van der Waals surface area (Å²) in [5.74, 6) is 0.867. The number of nitrogens with one attached hydrogen (secondary N) is 1. The maximum absolute atomic E-state index is 3.73. The maximum Gasteiger partial charge on any atom is 0.0281 e. The van der Waals surface area contributed by atoms with Crippen molar-refractivity contribution in [1.82, 2.24) is 5.32 Å². The lowest BCUT2D eigenvalue weighted by molar-refractivity contribution is 0.379. The minimum Gasteiger partial charge on any atom is -0.311 e. The van der Waals surface area contributed by atoms with E-state index in [0.717, 1.165) is 12.5 Å². The average molecular weight is 289 g/mol. The monoisotopic (exact) mass is 289 g/mol. The predicted octanol–water partition coefficient (Wildman–Crippen LogP) is 4.72. The van der Waals surface area contributed by atoms with Gasteiger partial charge in [-0.15, -0.1) is 0 Å². The molecule has 0 aliphatic heterocycles. The van der Waals surface area contributed by atoms with E-state index in [1.165, 1.54) is 57.1 Å². The molecule has 1 N–H and O–H groups in total. The van der Waals surface area contributed by atoms with Crippen molar-refractivity contribution < 1.29 is 0 Å². The molecule has 0 aromatic heterocycles. The molecule has 0 spiro atoms. The molecule has 2 aliphatic carbocycles. The fraction of sp³-hybridized carbons (Fsp3) is 0.667. The fourth-order valence-corrected chi connectivity index (χ4v) is 4.40. The maximum atomic E-state index is 3.73. The van der Waals surface area contributed by atoms with Crippen molar-refractivity contribution in [1.29, 1.82) is 0 Å². The molecular formula is C18H27NS. The van der Waals surface area contributed by atoms with Gasteiger partial charge in [-0.3, -0.25) is 0 Å². The van der Waals surface area contributed by atoms with Crippen LogP contribution in [0, 0.1) is 0 Å². The van der Waals surface area contributed by atoms with Crippen molar-refractivity contribution in [2.24, 2.45) is 0 Å². The zero-order chi connectivity index (χ0) is 13.8. The van der Waals surface area contributed by atoms with Gasteiger partial charge in [-0.05, 0) is 49.0 Å². The van der Waals surface area contributed by atoms with E-state index in [1.807, 2.05) is 0 Å². The van der Waals surface area contributed by atoms with Gasteiger partial charge in [0.2, 0.25) is 0 Å². The minimum absolute atomic E-state index is 0.506. The van der Waals surface area contributed by atoms with E-state index in [2.05, 4.69) is 47.6 Å². The summed E-state index contributed by atoms with van der Waals surface area (Å²) in [6.07, 6.45) is 12.1. The van der Waals surface area contributed by atoms with Crippen LogP contribution >= 0.6 is 11.8 Å². The Kier molecular flexibility index (Phi) is 4.72. The molecular weight excluding hydrogens is 262 g/mol. The molecule has 0 heterocycles. The molecule has 0 amide bonds. The van der Waals surface area contributed by atoms with Crippen molar-refractivity contribution in [2.75, 3.05) is 12.8 Å². The van der Waals surface area contributed by atoms with Gasteiger partial charge in [-0.25, -0.2) is 0 Å². The van der Waals surface area contributed by atoms with Crippen LogP contribution in [-0.4, -0.2) is 17.5 Å². The highest BCUT2D eigenvalue weighted by molar-refractivity contribution is 8.00. The second-order valence-corrected chi connectivity index (χ2v) is 7.84. The molecule has 0 saturated heterocycles. The number of benzene rings is 1. The van der Waals surface area contributed by atoms with Crippen LogP contribution in [0.15, 0.2) is 24.3 Å². The first kappa shape index (κ1) is 14.5. The Morgan fingerprint density at radius 2 is 2.00 bits per heavy atom. The highest BCUT2D eigenvalue weighted by atomic mass is 32.2. The van der Waals surface area contributed by atoms with Crippen molar-refractivity contribution in [3.8, 4) is 0 Å². The summed E-state index contributed by atoms with van der Waals surface area (Å²) in [7, 11) is 0. The van der Waals surface area contributed by atoms with Gasteiger partial charge >= 0.3 is 0 Å². The summed E-state index contributed by atoms with van der Waals surface area (Å²) >= 11 is 2.08. The highest BCUT2D eigenvalue weighted by Crippen LogP contribution is 2.40. The lowest BCUT2D eigenvalue weighted by atomic mass is 9.88. The van der Waals surface area contributed by atoms with Crippen LogP contribution in [-0.2, 0) is 6.54 Å². The Morgan fingerprint density at radius 1 is 1.20 bits per heavy atom. The van der Waals surface area contributed by atoms with Crippen LogP contribution in [0.2, 0.25) is 0 Å². The van der Waals surface area contributed by atoms with Crippen LogP contribution in [0.3, 0.4) is 0 Å². The van der Waals surface area contributed by atoms with Crippen LogP contribution in [0.1, 0.15) is 62.0 Å². The number of hydrogen-bond acceptors (Lipinski definition) is 2. The summed E-state index contributed by atoms with van der Waals surface area (Å²) in [5, 5.41) is 3.73. The SMILES string of the molecule is CSC1(CNCc2cccc(C3CC3)c2)CCCCC1. The summed E-state index contributed by atoms with van der Waals surface area (Å²) in [5.41, 5.74) is 3.02. The Hall–Kier alpha value is -0.470. The predicted molar refractivity (Wildman–Crippen MR) is 89.5 cm³/mol. The van der Waals surface area contributed by atoms with Gasteiger partial charge in [-0.2, -0.15) is 11.8 Å². The molecule has 3 rings (SSSR count). The molecule has 1 aromatic carbocycles. The van der Waals surface area contributed by atoms with Gasteiger partial charge in [0.25, 0.3) is 0 Å². The topological polar surface area (TPSA) is 12.0 Å². The zero-order valence-corrected chi connectivity index (χ0v) is 13.5. The lowest BCUT2D eigenvalue weighted by Crippen LogP contribution is -2.39. The van der Waals surface area contributed by atoms with Crippen LogP contribution in [0.25, 0.3) is 0 Å². The molecule has 2 saturated carbocycles. The van der Waals surface area contributed by atoms with E-state index in [1.54, 1.807) is 5.56 Å². The molecule has 1 aromatic rings. The molecule has 2 heteroatoms. The summed E-state index contributed by atoms with van der Waals surface area (Å²) in [6.45, 7) is 2.20. The Labute approximate surface area is 127 Å². The van der Waals surface area contributed by atoms with E-state index < -0.39 is 0 Å². The van der Waals surface area contributed by atoms with Gasteiger partial charge in [0.05, 0.1) is 0 Å². The first-order valence-corrected chi connectivity index (χ1v) is 9.38. The second kappa shape index (κ2) is 6.53. The standard InChI is InChI=1S/C18H27NS/c1-20-18(10-3-2-4-11-18)14-19-13-15-6-5-7-17(12-15)16-8-9-16/h5-7,12,16,19H,2-4,8-11,13-14H2,1H3. The Balaban J connectivity index is 1.52. The van der Waals surface area contributed by atoms with Gasteiger partial charge in [0.1, 0.15) is 0 Å². The number of thioether (sulfide) groups is 1. The largest absolute Gasteiger partial charge is 0.311 e. The molecule has 20 heavy (non-hydrogen) atoms. The molecule has 1 nitrogen and oxygen atoms in total. The molecule has 2 fully saturated rings. The Morgan fingerprint density at radius 3 is 2.70 bits per heavy atom. The van der Waals surface area contributed by atoms with Crippen LogP contribution < -0.4 is 5.32 Å². The summed E-state index contributed by atoms with van der Waals surface area (Å²) in [6, 6.07) is 9.21. The normalized spacial score (nSPS) is 21.9. The first-order valence-electron chi connectivity index (χ1n) is 8.16. The summed E-state index contributed by atoms with van der Waals surface area (Å²) in [4.78, 5) is 0. The first-order chi connectivity index (χ1) is 9.81. The van der Waals surface area contributed by atoms with Crippen LogP contribution in [0.5, 0.6) is 0 Å². The third-order valence-electron chi connectivity index (χ3n) is 4.97. The number of rotatable bonds is 6. The quantitative estimate of drug-likeness (QED) is 0.813. The lowest BCUT2D eigenvalue weighted by Gasteiger charge is -2.36. The highest BCUT2D eigenvalue weighted by Gasteiger charge is 2.30. The third kappa shape index (κ3) is 3.59. The van der Waals surface area contributed by atoms with Gasteiger partial charge < -0.3 is 5.32 Å². The molecule has 0 atom stereocenters. The van der Waals surface area contributed by atoms with Gasteiger partial charge in [0, 0.05) is 17.8 Å². The van der Waals surface area contributed by atoms with Crippen molar-refractivity contribution in [3.05, 3.63) is 35.4 Å². The van der Waals surface area contributed by atoms with E-state index in [9.17, 15) is 0 Å².